The van der Waals surface area contributed by atoms with Gasteiger partial charge in [0.2, 0.25) is 5.91 Å². The quantitative estimate of drug-likeness (QED) is 0.674. The van der Waals surface area contributed by atoms with Crippen molar-refractivity contribution in [3.63, 3.8) is 0 Å². The Hall–Kier alpha value is -1.80. The van der Waals surface area contributed by atoms with Crippen molar-refractivity contribution in [3.05, 3.63) is 26.7 Å². The summed E-state index contributed by atoms with van der Waals surface area (Å²) in [5, 5.41) is 3.56. The highest BCUT2D eigenvalue weighted by Crippen LogP contribution is 2.36. The van der Waals surface area contributed by atoms with Gasteiger partial charge >= 0.3 is 5.97 Å². The van der Waals surface area contributed by atoms with Crippen LogP contribution in [0.3, 0.4) is 0 Å². The molecule has 27 heavy (non-hydrogen) atoms. The molecule has 146 valence electrons. The van der Waals surface area contributed by atoms with Crippen LogP contribution < -0.4 is 4.90 Å². The summed E-state index contributed by atoms with van der Waals surface area (Å²) >= 11 is 2.82. The lowest BCUT2D eigenvalue weighted by Crippen LogP contribution is -2.34. The molecule has 1 saturated carbocycles. The molecule has 8 heteroatoms. The number of amides is 1. The van der Waals surface area contributed by atoms with E-state index in [4.69, 9.17) is 4.74 Å². The molecule has 2 aromatic rings. The minimum Gasteiger partial charge on any atom is -0.462 e. The van der Waals surface area contributed by atoms with Crippen molar-refractivity contribution >= 4 is 39.7 Å². The number of ether oxygens (including phenoxy) is 1. The van der Waals surface area contributed by atoms with E-state index in [1.165, 1.54) is 11.3 Å². The van der Waals surface area contributed by atoms with Gasteiger partial charge in [-0.3, -0.25) is 9.69 Å². The first kappa shape index (κ1) is 19.9. The second kappa shape index (κ2) is 7.67. The van der Waals surface area contributed by atoms with Crippen LogP contribution in [0.5, 0.6) is 0 Å². The van der Waals surface area contributed by atoms with E-state index in [1.54, 1.807) is 30.1 Å². The average Bonchev–Trinajstić information content (AvgIpc) is 3.13. The summed E-state index contributed by atoms with van der Waals surface area (Å²) in [7, 11) is 0. The highest BCUT2D eigenvalue weighted by molar-refractivity contribution is 7.17. The van der Waals surface area contributed by atoms with E-state index in [0.29, 0.717) is 22.3 Å². The van der Waals surface area contributed by atoms with Gasteiger partial charge in [-0.2, -0.15) is 0 Å². The number of aryl methyl sites for hydroxylation is 1. The molecule has 0 unspecified atom stereocenters. The number of carbonyl (C=O) groups is 2. The molecule has 0 aliphatic heterocycles. The number of hydrogen-bond acceptors (Lipinski definition) is 7. The maximum Gasteiger partial charge on any atom is 0.350 e. The number of nitrogens with zero attached hydrogens (tertiary/aromatic N) is 3. The molecule has 0 radical (unpaired) electrons. The SMILES string of the molecule is CCOC(=O)c1sc(N(C(=O)Cc2csc(C(C)(C)C)n2)C2CC2)nc1C. The van der Waals surface area contributed by atoms with E-state index < -0.39 is 0 Å². The summed E-state index contributed by atoms with van der Waals surface area (Å²) in [4.78, 5) is 36.4. The number of esters is 1. The van der Waals surface area contributed by atoms with Crippen LogP contribution in [-0.4, -0.2) is 34.5 Å². The maximum atomic E-state index is 13.0. The van der Waals surface area contributed by atoms with Gasteiger partial charge in [0.25, 0.3) is 0 Å². The highest BCUT2D eigenvalue weighted by atomic mass is 32.1. The Kier molecular flexibility index (Phi) is 5.67. The zero-order valence-electron chi connectivity index (χ0n) is 16.4. The van der Waals surface area contributed by atoms with Crippen molar-refractivity contribution in [3.8, 4) is 0 Å². The van der Waals surface area contributed by atoms with Gasteiger partial charge in [-0.25, -0.2) is 14.8 Å². The number of hydrogen-bond donors (Lipinski definition) is 0. The van der Waals surface area contributed by atoms with Crippen LogP contribution in [0.2, 0.25) is 0 Å². The second-order valence-electron chi connectivity index (χ2n) is 7.70. The molecule has 6 nitrogen and oxygen atoms in total. The van der Waals surface area contributed by atoms with Gasteiger partial charge in [0.15, 0.2) is 5.13 Å². The van der Waals surface area contributed by atoms with E-state index in [0.717, 1.165) is 23.5 Å². The molecule has 1 fully saturated rings. The van der Waals surface area contributed by atoms with Crippen molar-refractivity contribution in [2.24, 2.45) is 0 Å². The predicted octanol–water partition coefficient (Wildman–Crippen LogP) is 4.12. The number of thiazole rings is 2. The van der Waals surface area contributed by atoms with Gasteiger partial charge < -0.3 is 4.74 Å². The fraction of sp³-hybridized carbons (Fsp3) is 0.579. The topological polar surface area (TPSA) is 72.4 Å². The maximum absolute atomic E-state index is 13.0. The van der Waals surface area contributed by atoms with E-state index in [1.807, 2.05) is 5.38 Å². The van der Waals surface area contributed by atoms with E-state index in [2.05, 4.69) is 30.7 Å². The normalized spacial score (nSPS) is 14.3. The number of rotatable bonds is 6. The Balaban J connectivity index is 1.80. The molecule has 0 bridgehead atoms. The smallest absolute Gasteiger partial charge is 0.350 e. The van der Waals surface area contributed by atoms with Gasteiger partial charge in [0, 0.05) is 16.8 Å². The fourth-order valence-electron chi connectivity index (χ4n) is 2.64. The molecular weight excluding hydrogens is 382 g/mol. The van der Waals surface area contributed by atoms with E-state index in [-0.39, 0.29) is 29.8 Å². The Morgan fingerprint density at radius 2 is 2.00 bits per heavy atom. The first-order valence-electron chi connectivity index (χ1n) is 9.12. The highest BCUT2D eigenvalue weighted by Gasteiger charge is 2.36. The lowest BCUT2D eigenvalue weighted by molar-refractivity contribution is -0.118. The number of carbonyl (C=O) groups excluding carboxylic acids is 2. The number of aromatic nitrogens is 2. The first-order valence-corrected chi connectivity index (χ1v) is 10.8. The van der Waals surface area contributed by atoms with Gasteiger partial charge in [-0.05, 0) is 26.7 Å². The van der Waals surface area contributed by atoms with Crippen LogP contribution in [0.25, 0.3) is 0 Å². The molecule has 0 N–H and O–H groups in total. The van der Waals surface area contributed by atoms with Gasteiger partial charge in [-0.1, -0.05) is 32.1 Å². The van der Waals surface area contributed by atoms with Crippen LogP contribution in [0.4, 0.5) is 5.13 Å². The standard InChI is InChI=1S/C19H25N3O3S2/c1-6-25-16(24)15-11(2)20-18(27-15)22(13-7-8-13)14(23)9-12-10-26-17(21-12)19(3,4)5/h10,13H,6-9H2,1-5H3. The van der Waals surface area contributed by atoms with Crippen LogP contribution in [0.15, 0.2) is 5.38 Å². The summed E-state index contributed by atoms with van der Waals surface area (Å²) in [6.45, 7) is 10.2. The summed E-state index contributed by atoms with van der Waals surface area (Å²) in [6.07, 6.45) is 2.17. The van der Waals surface area contributed by atoms with E-state index >= 15 is 0 Å². The molecule has 2 heterocycles. The predicted molar refractivity (Wildman–Crippen MR) is 108 cm³/mol. The Morgan fingerprint density at radius 1 is 1.30 bits per heavy atom. The summed E-state index contributed by atoms with van der Waals surface area (Å²) in [5.41, 5.74) is 1.37. The lowest BCUT2D eigenvalue weighted by atomic mass is 9.98. The minimum absolute atomic E-state index is 0.0209. The van der Waals surface area contributed by atoms with Crippen molar-refractivity contribution in [1.29, 1.82) is 0 Å². The minimum atomic E-state index is -0.378. The van der Waals surface area contributed by atoms with Gasteiger partial charge in [-0.15, -0.1) is 11.3 Å². The summed E-state index contributed by atoms with van der Waals surface area (Å²) < 4.78 is 5.09. The van der Waals surface area contributed by atoms with Gasteiger partial charge in [0.1, 0.15) is 4.88 Å². The molecule has 0 spiro atoms. The average molecular weight is 408 g/mol. The lowest BCUT2D eigenvalue weighted by Gasteiger charge is -2.19. The van der Waals surface area contributed by atoms with Gasteiger partial charge in [0.05, 0.1) is 29.4 Å². The van der Waals surface area contributed by atoms with Crippen molar-refractivity contribution in [1.82, 2.24) is 9.97 Å². The monoisotopic (exact) mass is 407 g/mol. The van der Waals surface area contributed by atoms with Crippen molar-refractivity contribution in [2.75, 3.05) is 11.5 Å². The molecule has 1 aliphatic rings. The van der Waals surface area contributed by atoms with Crippen molar-refractivity contribution < 1.29 is 14.3 Å². The Labute approximate surface area is 167 Å². The zero-order chi connectivity index (χ0) is 19.8. The molecule has 1 aliphatic carbocycles. The number of anilines is 1. The second-order valence-corrected chi connectivity index (χ2v) is 9.53. The molecule has 0 saturated heterocycles. The van der Waals surface area contributed by atoms with E-state index in [9.17, 15) is 9.59 Å². The van der Waals surface area contributed by atoms with Crippen LogP contribution in [-0.2, 0) is 21.4 Å². The molecule has 1 amide bonds. The third-order valence-electron chi connectivity index (χ3n) is 4.16. The van der Waals surface area contributed by atoms with Crippen molar-refractivity contribution in [2.45, 2.75) is 65.3 Å². The molecule has 2 aromatic heterocycles. The molecular formula is C19H25N3O3S2. The summed E-state index contributed by atoms with van der Waals surface area (Å²) in [5.74, 6) is -0.399. The third-order valence-corrected chi connectivity index (χ3v) is 6.61. The molecule has 0 aromatic carbocycles. The summed E-state index contributed by atoms with van der Waals surface area (Å²) in [6, 6.07) is 0.166. The largest absolute Gasteiger partial charge is 0.462 e. The molecule has 3 rings (SSSR count). The van der Waals surface area contributed by atoms with Crippen LogP contribution >= 0.6 is 22.7 Å². The van der Waals surface area contributed by atoms with Crippen LogP contribution in [0.1, 0.15) is 66.6 Å². The third kappa shape index (κ3) is 4.55. The molecule has 0 atom stereocenters. The van der Waals surface area contributed by atoms with Crippen LogP contribution in [0, 0.1) is 6.92 Å². The zero-order valence-corrected chi connectivity index (χ0v) is 18.0. The Morgan fingerprint density at radius 3 is 2.56 bits per heavy atom. The first-order chi connectivity index (χ1) is 12.7. The fourth-order valence-corrected chi connectivity index (χ4v) is 4.60. The Bertz CT molecular complexity index is 847.